The maximum absolute atomic E-state index is 13.1. The third-order valence-corrected chi connectivity index (χ3v) is 10.5. The van der Waals surface area contributed by atoms with E-state index < -0.39 is 54.5 Å². The Morgan fingerprint density at radius 2 is 1.00 bits per heavy atom. The van der Waals surface area contributed by atoms with Crippen LogP contribution in [0.2, 0.25) is 0 Å². The minimum atomic E-state index is -0.735. The SMILES string of the molecule is C=CC(=O)CC(=O)Oc1ccc(C(=O)OC2CCC(C(=O)OC3COC4C(OC(=O)C5CCC(OC(=O)c6ccc(OC(=O)CC)cc6)CC5)COC34)CC2)cc1. The standard InChI is InChI=1S/C42H46O15/c1-3-28(43)21-36(45)53-30-15-7-25(8-16-30)40(47)55-32-19-11-27(12-20-32)42(49)57-34-23-51-37-33(22-50-38(34)37)56-41(48)26-9-17-31(18-10-26)54-39(46)24-5-13-29(14-6-24)52-35(44)4-2/h3,5-8,13-16,26-27,31-34,37-38H,1,4,9-12,17-23H2,2H3. The highest BCUT2D eigenvalue weighted by molar-refractivity contribution is 6.02. The maximum Gasteiger partial charge on any atom is 0.338 e. The first kappa shape index (κ1) is 41.2. The Balaban J connectivity index is 0.873. The van der Waals surface area contributed by atoms with Crippen LogP contribution in [-0.2, 0) is 52.4 Å². The normalized spacial score (nSPS) is 26.5. The van der Waals surface area contributed by atoms with Gasteiger partial charge in [-0.1, -0.05) is 13.5 Å². The molecule has 2 saturated heterocycles. The van der Waals surface area contributed by atoms with Crippen LogP contribution in [0.4, 0.5) is 0 Å². The van der Waals surface area contributed by atoms with Crippen LogP contribution in [0.5, 0.6) is 11.5 Å². The maximum atomic E-state index is 13.1. The molecule has 15 nitrogen and oxygen atoms in total. The van der Waals surface area contributed by atoms with Crippen molar-refractivity contribution in [3.63, 3.8) is 0 Å². The number of carbonyl (C=O) groups is 7. The molecule has 0 bridgehead atoms. The van der Waals surface area contributed by atoms with Gasteiger partial charge in [-0.2, -0.15) is 0 Å². The third kappa shape index (κ3) is 10.9. The Bertz CT molecular complexity index is 1800. The number of rotatable bonds is 14. The van der Waals surface area contributed by atoms with E-state index in [0.717, 1.165) is 6.08 Å². The Hall–Kier alpha value is -5.41. The first-order valence-electron chi connectivity index (χ1n) is 19.3. The summed E-state index contributed by atoms with van der Waals surface area (Å²) in [7, 11) is 0. The van der Waals surface area contributed by atoms with Crippen molar-refractivity contribution in [2.45, 2.75) is 108 Å². The molecule has 2 aromatic rings. The molecule has 6 rings (SSSR count). The first-order valence-corrected chi connectivity index (χ1v) is 19.3. The monoisotopic (exact) mass is 790 g/mol. The van der Waals surface area contributed by atoms with Gasteiger partial charge in [-0.25, -0.2) is 9.59 Å². The van der Waals surface area contributed by atoms with E-state index in [0.29, 0.717) is 62.7 Å². The minimum absolute atomic E-state index is 0.107. The van der Waals surface area contributed by atoms with Gasteiger partial charge in [0.15, 0.2) is 18.0 Å². The van der Waals surface area contributed by atoms with Gasteiger partial charge < -0.3 is 37.9 Å². The predicted octanol–water partition coefficient (Wildman–Crippen LogP) is 4.81. The Morgan fingerprint density at radius 1 is 0.596 bits per heavy atom. The quantitative estimate of drug-likeness (QED) is 0.0832. The number of hydrogen-bond acceptors (Lipinski definition) is 15. The zero-order chi connectivity index (χ0) is 40.5. The van der Waals surface area contributed by atoms with Gasteiger partial charge in [-0.15, -0.1) is 0 Å². The molecule has 4 fully saturated rings. The number of allylic oxidation sites excluding steroid dienone is 1. The van der Waals surface area contributed by atoms with Crippen LogP contribution in [0, 0.1) is 11.8 Å². The number of benzene rings is 2. The topological polar surface area (TPSA) is 193 Å². The highest BCUT2D eigenvalue weighted by Gasteiger charge is 2.52. The molecule has 2 saturated carbocycles. The van der Waals surface area contributed by atoms with E-state index in [1.165, 1.54) is 48.5 Å². The lowest BCUT2D eigenvalue weighted by Crippen LogP contribution is -2.38. The second-order valence-electron chi connectivity index (χ2n) is 14.5. The van der Waals surface area contributed by atoms with Crippen molar-refractivity contribution in [3.05, 3.63) is 72.3 Å². The molecule has 2 aliphatic carbocycles. The Labute approximate surface area is 329 Å². The molecular formula is C42H46O15. The van der Waals surface area contributed by atoms with Crippen LogP contribution in [0.1, 0.15) is 91.8 Å². The fraction of sp³-hybridized carbons (Fsp3) is 0.500. The van der Waals surface area contributed by atoms with Crippen molar-refractivity contribution >= 4 is 41.6 Å². The van der Waals surface area contributed by atoms with E-state index in [9.17, 15) is 33.6 Å². The summed E-state index contributed by atoms with van der Waals surface area (Å²) in [5.41, 5.74) is 0.597. The van der Waals surface area contributed by atoms with Crippen molar-refractivity contribution in [2.24, 2.45) is 11.8 Å². The highest BCUT2D eigenvalue weighted by atomic mass is 16.7. The summed E-state index contributed by atoms with van der Waals surface area (Å²) in [4.78, 5) is 86.3. The van der Waals surface area contributed by atoms with Crippen LogP contribution in [-0.4, -0.2) is 91.4 Å². The molecule has 0 aromatic heterocycles. The fourth-order valence-corrected chi connectivity index (χ4v) is 7.30. The molecule has 0 N–H and O–H groups in total. The number of carbonyl (C=O) groups excluding carboxylic acids is 7. The van der Waals surface area contributed by atoms with Crippen molar-refractivity contribution < 1.29 is 71.5 Å². The summed E-state index contributed by atoms with van der Waals surface area (Å²) in [6, 6.07) is 12.0. The molecule has 0 radical (unpaired) electrons. The van der Waals surface area contributed by atoms with Gasteiger partial charge in [0, 0.05) is 6.42 Å². The highest BCUT2D eigenvalue weighted by Crippen LogP contribution is 2.35. The molecule has 4 aliphatic rings. The number of ether oxygens (including phenoxy) is 8. The second-order valence-corrected chi connectivity index (χ2v) is 14.5. The first-order chi connectivity index (χ1) is 27.5. The van der Waals surface area contributed by atoms with E-state index in [1.807, 2.05) is 0 Å². The molecule has 0 spiro atoms. The van der Waals surface area contributed by atoms with Crippen molar-refractivity contribution in [1.29, 1.82) is 0 Å². The number of esters is 6. The minimum Gasteiger partial charge on any atom is -0.459 e. The third-order valence-electron chi connectivity index (χ3n) is 10.5. The molecule has 304 valence electrons. The molecule has 4 unspecified atom stereocenters. The molecule has 4 atom stereocenters. The zero-order valence-electron chi connectivity index (χ0n) is 31.6. The van der Waals surface area contributed by atoms with Crippen LogP contribution >= 0.6 is 0 Å². The lowest BCUT2D eigenvalue weighted by Gasteiger charge is -2.28. The van der Waals surface area contributed by atoms with Gasteiger partial charge in [-0.3, -0.25) is 24.0 Å². The molecule has 0 amide bonds. The summed E-state index contributed by atoms with van der Waals surface area (Å²) in [5, 5.41) is 0. The summed E-state index contributed by atoms with van der Waals surface area (Å²) in [6.07, 6.45) is 1.51. The van der Waals surface area contributed by atoms with Gasteiger partial charge in [0.2, 0.25) is 0 Å². The van der Waals surface area contributed by atoms with E-state index in [1.54, 1.807) is 6.92 Å². The van der Waals surface area contributed by atoms with E-state index in [4.69, 9.17) is 37.9 Å². The Kier molecular flexibility index (Phi) is 13.9. The van der Waals surface area contributed by atoms with Crippen LogP contribution < -0.4 is 9.47 Å². The summed E-state index contributed by atoms with van der Waals surface area (Å²) in [5.74, 6) is -3.58. The van der Waals surface area contributed by atoms with Gasteiger partial charge in [0.05, 0.1) is 36.2 Å². The van der Waals surface area contributed by atoms with E-state index in [-0.39, 0.29) is 72.9 Å². The molecule has 2 aliphatic heterocycles. The number of ketones is 1. The van der Waals surface area contributed by atoms with Crippen LogP contribution in [0.3, 0.4) is 0 Å². The molecule has 57 heavy (non-hydrogen) atoms. The lowest BCUT2D eigenvalue weighted by molar-refractivity contribution is -0.162. The van der Waals surface area contributed by atoms with Crippen LogP contribution in [0.25, 0.3) is 0 Å². The molecule has 15 heteroatoms. The average Bonchev–Trinajstić information content (AvgIpc) is 3.81. The van der Waals surface area contributed by atoms with Gasteiger partial charge in [0.1, 0.15) is 42.3 Å². The number of hydrogen-bond donors (Lipinski definition) is 0. The van der Waals surface area contributed by atoms with E-state index in [2.05, 4.69) is 6.58 Å². The molecule has 2 aromatic carbocycles. The number of fused-ring (bicyclic) bond motifs is 1. The average molecular weight is 791 g/mol. The van der Waals surface area contributed by atoms with Gasteiger partial charge >= 0.3 is 35.8 Å². The summed E-state index contributed by atoms with van der Waals surface area (Å²) >= 11 is 0. The predicted molar refractivity (Wildman–Crippen MR) is 196 cm³/mol. The van der Waals surface area contributed by atoms with Crippen molar-refractivity contribution in [1.82, 2.24) is 0 Å². The van der Waals surface area contributed by atoms with E-state index >= 15 is 0 Å². The lowest BCUT2D eigenvalue weighted by atomic mass is 9.87. The summed E-state index contributed by atoms with van der Waals surface area (Å²) in [6.45, 7) is 5.22. The smallest absolute Gasteiger partial charge is 0.338 e. The molecular weight excluding hydrogens is 744 g/mol. The van der Waals surface area contributed by atoms with Gasteiger partial charge in [0.25, 0.3) is 0 Å². The fourth-order valence-electron chi connectivity index (χ4n) is 7.30. The van der Waals surface area contributed by atoms with Gasteiger partial charge in [-0.05, 0) is 106 Å². The van der Waals surface area contributed by atoms with Crippen molar-refractivity contribution in [3.8, 4) is 11.5 Å². The summed E-state index contributed by atoms with van der Waals surface area (Å²) < 4.78 is 45.0. The second kappa shape index (κ2) is 19.2. The largest absolute Gasteiger partial charge is 0.459 e. The van der Waals surface area contributed by atoms with Crippen molar-refractivity contribution in [2.75, 3.05) is 13.2 Å². The zero-order valence-corrected chi connectivity index (χ0v) is 31.6. The van der Waals surface area contributed by atoms with Crippen LogP contribution in [0.15, 0.2) is 61.2 Å². The Morgan fingerprint density at radius 3 is 1.39 bits per heavy atom. The molecule has 2 heterocycles.